The number of aromatic nitrogens is 1. The summed E-state index contributed by atoms with van der Waals surface area (Å²) in [6.45, 7) is 0.254. The first-order valence-corrected chi connectivity index (χ1v) is 8.82. The Morgan fingerprint density at radius 1 is 0.968 bits per heavy atom. The van der Waals surface area contributed by atoms with Crippen molar-refractivity contribution in [2.75, 3.05) is 0 Å². The maximum Gasteiger partial charge on any atom is 0.289 e. The van der Waals surface area contributed by atoms with E-state index in [0.717, 1.165) is 11.8 Å². The summed E-state index contributed by atoms with van der Waals surface area (Å²) in [5, 5.41) is 25.1. The Hall–Kier alpha value is -4.67. The number of nitrogens with zero attached hydrogens (tertiary/aromatic N) is 4. The Balaban J connectivity index is 1.50. The molecule has 1 amide bonds. The van der Waals surface area contributed by atoms with Crippen molar-refractivity contribution in [2.24, 2.45) is 5.10 Å². The lowest BCUT2D eigenvalue weighted by Gasteiger charge is -2.06. The lowest BCUT2D eigenvalue weighted by atomic mass is 10.2. The number of nitrogens with one attached hydrogen (secondary N) is 1. The number of carbonyl (C=O) groups is 1. The fourth-order valence-electron chi connectivity index (χ4n) is 2.38. The monoisotopic (exact) mass is 421 g/mol. The molecule has 2 aromatic carbocycles. The van der Waals surface area contributed by atoms with Crippen LogP contribution in [-0.2, 0) is 6.61 Å². The van der Waals surface area contributed by atoms with Gasteiger partial charge < -0.3 is 4.74 Å². The number of benzene rings is 2. The predicted molar refractivity (Wildman–Crippen MR) is 110 cm³/mol. The number of hydrazone groups is 1. The minimum atomic E-state index is -0.605. The molecule has 0 saturated carbocycles. The highest BCUT2D eigenvalue weighted by Gasteiger charge is 2.10. The average molecular weight is 421 g/mol. The molecule has 0 radical (unpaired) electrons. The van der Waals surface area contributed by atoms with E-state index in [1.807, 2.05) is 0 Å². The Morgan fingerprint density at radius 2 is 1.61 bits per heavy atom. The second-order valence-electron chi connectivity index (χ2n) is 6.14. The summed E-state index contributed by atoms with van der Waals surface area (Å²) in [6, 6.07) is 15.4. The highest BCUT2D eigenvalue weighted by atomic mass is 16.6. The highest BCUT2D eigenvalue weighted by molar-refractivity contribution is 5.93. The van der Waals surface area contributed by atoms with Gasteiger partial charge in [-0.25, -0.2) is 10.4 Å². The van der Waals surface area contributed by atoms with Crippen LogP contribution in [0.3, 0.4) is 0 Å². The molecule has 3 aromatic rings. The molecule has 0 unspecified atom stereocenters. The van der Waals surface area contributed by atoms with Gasteiger partial charge in [0.1, 0.15) is 24.2 Å². The normalized spacial score (nSPS) is 10.6. The van der Waals surface area contributed by atoms with Crippen molar-refractivity contribution in [2.45, 2.75) is 6.61 Å². The molecule has 0 aliphatic carbocycles. The van der Waals surface area contributed by atoms with Gasteiger partial charge in [0.2, 0.25) is 0 Å². The third-order valence-electron chi connectivity index (χ3n) is 4.00. The van der Waals surface area contributed by atoms with Gasteiger partial charge in [-0.15, -0.1) is 0 Å². The van der Waals surface area contributed by atoms with E-state index >= 15 is 0 Å². The maximum atomic E-state index is 11.9. The Labute approximate surface area is 175 Å². The van der Waals surface area contributed by atoms with Crippen molar-refractivity contribution in [1.29, 1.82) is 0 Å². The predicted octanol–water partition coefficient (Wildman–Crippen LogP) is 3.24. The van der Waals surface area contributed by atoms with Gasteiger partial charge in [-0.1, -0.05) is 0 Å². The number of pyridine rings is 1. The number of nitro groups is 2. The van der Waals surface area contributed by atoms with Crippen molar-refractivity contribution in [3.8, 4) is 5.75 Å². The van der Waals surface area contributed by atoms with Crippen LogP contribution in [0.1, 0.15) is 21.6 Å². The van der Waals surface area contributed by atoms with Crippen molar-refractivity contribution in [3.05, 3.63) is 104 Å². The van der Waals surface area contributed by atoms with Crippen LogP contribution in [0.5, 0.6) is 5.75 Å². The van der Waals surface area contributed by atoms with Crippen LogP contribution in [0.25, 0.3) is 0 Å². The lowest BCUT2D eigenvalue weighted by Crippen LogP contribution is -2.18. The first-order chi connectivity index (χ1) is 14.9. The fourth-order valence-corrected chi connectivity index (χ4v) is 2.38. The van der Waals surface area contributed by atoms with Crippen LogP contribution in [0.4, 0.5) is 11.4 Å². The molecule has 0 aliphatic rings. The summed E-state index contributed by atoms with van der Waals surface area (Å²) >= 11 is 0. The van der Waals surface area contributed by atoms with Crippen LogP contribution in [0.2, 0.25) is 0 Å². The Kier molecular flexibility index (Phi) is 6.58. The largest absolute Gasteiger partial charge is 0.489 e. The molecule has 0 bridgehead atoms. The standard InChI is InChI=1S/C20H15N5O6/c26-20(19-10-7-17(12-21-19)25(29)30)23-22-11-14-3-8-18(9-4-14)31-13-15-1-5-16(6-2-15)24(27)28/h1-12H,13H2,(H,23,26). The summed E-state index contributed by atoms with van der Waals surface area (Å²) in [4.78, 5) is 35.8. The van der Waals surface area contributed by atoms with Gasteiger partial charge in [-0.2, -0.15) is 5.10 Å². The summed E-state index contributed by atoms with van der Waals surface area (Å²) in [5.74, 6) is -0.0104. The summed E-state index contributed by atoms with van der Waals surface area (Å²) in [5.41, 5.74) is 3.58. The molecule has 0 atom stereocenters. The molecule has 11 heteroatoms. The first kappa shape index (κ1) is 21.0. The second-order valence-corrected chi connectivity index (χ2v) is 6.14. The summed E-state index contributed by atoms with van der Waals surface area (Å²) in [7, 11) is 0. The molecule has 31 heavy (non-hydrogen) atoms. The van der Waals surface area contributed by atoms with Gasteiger partial charge >= 0.3 is 0 Å². The van der Waals surface area contributed by atoms with Crippen molar-refractivity contribution < 1.29 is 19.4 Å². The third-order valence-corrected chi connectivity index (χ3v) is 4.00. The van der Waals surface area contributed by atoms with Crippen molar-refractivity contribution in [1.82, 2.24) is 10.4 Å². The van der Waals surface area contributed by atoms with E-state index < -0.39 is 15.8 Å². The van der Waals surface area contributed by atoms with Crippen molar-refractivity contribution >= 4 is 23.5 Å². The number of amides is 1. The number of nitro benzene ring substituents is 1. The molecule has 11 nitrogen and oxygen atoms in total. The van der Waals surface area contributed by atoms with E-state index in [2.05, 4.69) is 15.5 Å². The zero-order valence-electron chi connectivity index (χ0n) is 15.9. The highest BCUT2D eigenvalue weighted by Crippen LogP contribution is 2.16. The zero-order chi connectivity index (χ0) is 22.2. The van der Waals surface area contributed by atoms with Gasteiger partial charge in [-0.05, 0) is 53.6 Å². The van der Waals surface area contributed by atoms with Crippen LogP contribution in [0.15, 0.2) is 72.0 Å². The third kappa shape index (κ3) is 5.90. The molecular formula is C20H15N5O6. The number of non-ortho nitro benzene ring substituents is 1. The number of carbonyl (C=O) groups excluding carboxylic acids is 1. The SMILES string of the molecule is O=C(NN=Cc1ccc(OCc2ccc([N+](=O)[O-])cc2)cc1)c1ccc([N+](=O)[O-])cn1. The zero-order valence-corrected chi connectivity index (χ0v) is 15.9. The number of hydrogen-bond acceptors (Lipinski definition) is 8. The van der Waals surface area contributed by atoms with E-state index in [9.17, 15) is 25.0 Å². The van der Waals surface area contributed by atoms with Gasteiger partial charge in [0.15, 0.2) is 0 Å². The molecule has 0 aliphatic heterocycles. The Morgan fingerprint density at radius 3 is 2.19 bits per heavy atom. The van der Waals surface area contributed by atoms with Gasteiger partial charge in [0.25, 0.3) is 17.3 Å². The second kappa shape index (κ2) is 9.69. The van der Waals surface area contributed by atoms with E-state index in [4.69, 9.17) is 4.74 Å². The topological polar surface area (TPSA) is 150 Å². The van der Waals surface area contributed by atoms with Gasteiger partial charge in [0.05, 0.1) is 16.1 Å². The first-order valence-electron chi connectivity index (χ1n) is 8.82. The van der Waals surface area contributed by atoms with E-state index in [-0.39, 0.29) is 23.7 Å². The Bertz CT molecular complexity index is 1110. The number of ether oxygens (including phenoxy) is 1. The molecule has 0 fully saturated rings. The van der Waals surface area contributed by atoms with E-state index in [1.165, 1.54) is 30.5 Å². The smallest absolute Gasteiger partial charge is 0.289 e. The van der Waals surface area contributed by atoms with E-state index in [1.54, 1.807) is 36.4 Å². The minimum Gasteiger partial charge on any atom is -0.489 e. The molecule has 1 aromatic heterocycles. The minimum absolute atomic E-state index is 0.00209. The molecule has 156 valence electrons. The summed E-state index contributed by atoms with van der Waals surface area (Å²) < 4.78 is 5.63. The van der Waals surface area contributed by atoms with Gasteiger partial charge in [-0.3, -0.25) is 25.0 Å². The lowest BCUT2D eigenvalue weighted by molar-refractivity contribution is -0.385. The maximum absolute atomic E-state index is 11.9. The van der Waals surface area contributed by atoms with Gasteiger partial charge in [0, 0.05) is 18.2 Å². The van der Waals surface area contributed by atoms with Crippen molar-refractivity contribution in [3.63, 3.8) is 0 Å². The molecular weight excluding hydrogens is 406 g/mol. The molecule has 0 spiro atoms. The molecule has 3 rings (SSSR count). The number of hydrogen-bond donors (Lipinski definition) is 1. The van der Waals surface area contributed by atoms with Crippen LogP contribution in [0, 0.1) is 20.2 Å². The molecule has 1 N–H and O–H groups in total. The van der Waals surface area contributed by atoms with Crippen LogP contribution in [-0.4, -0.2) is 27.0 Å². The number of rotatable bonds is 8. The van der Waals surface area contributed by atoms with E-state index in [0.29, 0.717) is 11.3 Å². The van der Waals surface area contributed by atoms with Crippen LogP contribution >= 0.6 is 0 Å². The molecule has 0 saturated heterocycles. The fraction of sp³-hybridized carbons (Fsp3) is 0.0500. The van der Waals surface area contributed by atoms with Crippen LogP contribution < -0.4 is 10.2 Å². The molecule has 1 heterocycles. The quantitative estimate of drug-likeness (QED) is 0.333. The average Bonchev–Trinajstić information content (AvgIpc) is 2.78. The summed E-state index contributed by atoms with van der Waals surface area (Å²) in [6.07, 6.45) is 2.41.